The van der Waals surface area contributed by atoms with Crippen LogP contribution in [-0.4, -0.2) is 19.2 Å². The van der Waals surface area contributed by atoms with E-state index in [1.807, 2.05) is 0 Å². The quantitative estimate of drug-likeness (QED) is 0.755. The summed E-state index contributed by atoms with van der Waals surface area (Å²) in [7, 11) is 3.41. The summed E-state index contributed by atoms with van der Waals surface area (Å²) < 4.78 is 10.3. The summed E-state index contributed by atoms with van der Waals surface area (Å²) in [6.07, 6.45) is 3.50. The van der Waals surface area contributed by atoms with Crippen LogP contribution in [-0.2, 0) is 35.5 Å². The van der Waals surface area contributed by atoms with Gasteiger partial charge in [0.1, 0.15) is 0 Å². The minimum Gasteiger partial charge on any atom is -0.380 e. The van der Waals surface area contributed by atoms with E-state index in [4.69, 9.17) is 9.47 Å². The van der Waals surface area contributed by atoms with Gasteiger partial charge in [-0.3, -0.25) is 4.98 Å². The zero-order valence-corrected chi connectivity index (χ0v) is 9.38. The predicted molar refractivity (Wildman–Crippen MR) is 57.7 cm³/mol. The van der Waals surface area contributed by atoms with Crippen LogP contribution in [0.15, 0.2) is 6.07 Å². The Morgan fingerprint density at radius 3 is 2.73 bits per heavy atom. The van der Waals surface area contributed by atoms with Crippen molar-refractivity contribution in [2.75, 3.05) is 14.2 Å². The second-order valence-corrected chi connectivity index (χ2v) is 3.92. The van der Waals surface area contributed by atoms with Crippen molar-refractivity contribution in [3.63, 3.8) is 0 Å². The van der Waals surface area contributed by atoms with Crippen molar-refractivity contribution in [1.29, 1.82) is 0 Å². The SMILES string of the molecule is COCc1cc2c(nc1COC)CCC2. The topological polar surface area (TPSA) is 31.4 Å². The van der Waals surface area contributed by atoms with E-state index in [0.717, 1.165) is 18.5 Å². The van der Waals surface area contributed by atoms with Gasteiger partial charge in [-0.05, 0) is 30.9 Å². The van der Waals surface area contributed by atoms with Gasteiger partial charge in [-0.1, -0.05) is 0 Å². The number of rotatable bonds is 4. The summed E-state index contributed by atoms with van der Waals surface area (Å²) in [5.41, 5.74) is 4.84. The van der Waals surface area contributed by atoms with Gasteiger partial charge in [-0.2, -0.15) is 0 Å². The molecule has 2 rings (SSSR count). The fourth-order valence-corrected chi connectivity index (χ4v) is 2.10. The third-order valence-corrected chi connectivity index (χ3v) is 2.80. The zero-order chi connectivity index (χ0) is 10.7. The van der Waals surface area contributed by atoms with Crippen LogP contribution >= 0.6 is 0 Å². The van der Waals surface area contributed by atoms with E-state index in [0.29, 0.717) is 13.2 Å². The Hall–Kier alpha value is -0.930. The highest BCUT2D eigenvalue weighted by molar-refractivity contribution is 5.33. The number of nitrogens with zero attached hydrogens (tertiary/aromatic N) is 1. The summed E-state index contributed by atoms with van der Waals surface area (Å²) in [4.78, 5) is 4.66. The number of methoxy groups -OCH3 is 2. The lowest BCUT2D eigenvalue weighted by Crippen LogP contribution is -2.04. The van der Waals surface area contributed by atoms with E-state index in [1.54, 1.807) is 14.2 Å². The lowest BCUT2D eigenvalue weighted by Gasteiger charge is -2.10. The minimum absolute atomic E-state index is 0.575. The minimum atomic E-state index is 0.575. The molecule has 3 heteroatoms. The van der Waals surface area contributed by atoms with Crippen molar-refractivity contribution in [2.24, 2.45) is 0 Å². The van der Waals surface area contributed by atoms with Crippen LogP contribution in [0.1, 0.15) is 28.9 Å². The summed E-state index contributed by atoms with van der Waals surface area (Å²) in [5, 5.41) is 0. The molecule has 0 amide bonds. The molecule has 3 nitrogen and oxygen atoms in total. The van der Waals surface area contributed by atoms with Gasteiger partial charge in [0.05, 0.1) is 18.9 Å². The van der Waals surface area contributed by atoms with Crippen molar-refractivity contribution in [3.8, 4) is 0 Å². The summed E-state index contributed by atoms with van der Waals surface area (Å²) in [6.45, 7) is 1.20. The van der Waals surface area contributed by atoms with Crippen molar-refractivity contribution < 1.29 is 9.47 Å². The number of pyridine rings is 1. The molecule has 0 saturated heterocycles. The van der Waals surface area contributed by atoms with Crippen LogP contribution in [0.2, 0.25) is 0 Å². The third kappa shape index (κ3) is 2.19. The molecule has 0 atom stereocenters. The summed E-state index contributed by atoms with van der Waals surface area (Å²) >= 11 is 0. The molecule has 0 unspecified atom stereocenters. The Bertz CT molecular complexity index is 317. The predicted octanol–water partition coefficient (Wildman–Crippen LogP) is 1.86. The molecule has 0 N–H and O–H groups in total. The monoisotopic (exact) mass is 207 g/mol. The maximum absolute atomic E-state index is 5.18. The molecule has 0 aliphatic heterocycles. The van der Waals surface area contributed by atoms with Crippen LogP contribution in [0.5, 0.6) is 0 Å². The Balaban J connectivity index is 2.33. The van der Waals surface area contributed by atoms with Crippen molar-refractivity contribution in [1.82, 2.24) is 4.98 Å². The first-order valence-corrected chi connectivity index (χ1v) is 5.33. The van der Waals surface area contributed by atoms with Gasteiger partial charge in [-0.15, -0.1) is 0 Å². The first kappa shape index (κ1) is 10.6. The second kappa shape index (κ2) is 4.73. The summed E-state index contributed by atoms with van der Waals surface area (Å²) in [5.74, 6) is 0. The van der Waals surface area contributed by atoms with E-state index >= 15 is 0 Å². The van der Waals surface area contributed by atoms with Crippen LogP contribution in [0.25, 0.3) is 0 Å². The van der Waals surface area contributed by atoms with Crippen LogP contribution in [0.4, 0.5) is 0 Å². The van der Waals surface area contributed by atoms with Gasteiger partial charge in [0.25, 0.3) is 0 Å². The largest absolute Gasteiger partial charge is 0.380 e. The highest BCUT2D eigenvalue weighted by Crippen LogP contribution is 2.23. The van der Waals surface area contributed by atoms with Gasteiger partial charge in [0, 0.05) is 25.5 Å². The molecule has 1 aromatic heterocycles. The standard InChI is InChI=1S/C12H17NO2/c1-14-7-10-6-9-4-3-5-11(9)13-12(10)8-15-2/h6H,3-5,7-8H2,1-2H3. The average Bonchev–Trinajstić information content (AvgIpc) is 2.66. The van der Waals surface area contributed by atoms with Gasteiger partial charge in [0.15, 0.2) is 0 Å². The molecule has 15 heavy (non-hydrogen) atoms. The zero-order valence-electron chi connectivity index (χ0n) is 9.38. The highest BCUT2D eigenvalue weighted by atomic mass is 16.5. The molecule has 1 heterocycles. The van der Waals surface area contributed by atoms with Gasteiger partial charge < -0.3 is 9.47 Å². The van der Waals surface area contributed by atoms with Gasteiger partial charge in [-0.25, -0.2) is 0 Å². The fourth-order valence-electron chi connectivity index (χ4n) is 2.10. The Kier molecular flexibility index (Phi) is 3.34. The molecular weight excluding hydrogens is 190 g/mol. The van der Waals surface area contributed by atoms with E-state index < -0.39 is 0 Å². The van der Waals surface area contributed by atoms with Crippen LogP contribution < -0.4 is 0 Å². The first-order chi connectivity index (χ1) is 7.35. The molecule has 0 bridgehead atoms. The van der Waals surface area contributed by atoms with Crippen molar-refractivity contribution >= 4 is 0 Å². The molecule has 1 aromatic rings. The number of aromatic nitrogens is 1. The molecular formula is C12H17NO2. The van der Waals surface area contributed by atoms with E-state index in [9.17, 15) is 0 Å². The molecule has 0 fully saturated rings. The maximum Gasteiger partial charge on any atom is 0.0887 e. The third-order valence-electron chi connectivity index (χ3n) is 2.80. The maximum atomic E-state index is 5.18. The number of hydrogen-bond acceptors (Lipinski definition) is 3. The van der Waals surface area contributed by atoms with Crippen molar-refractivity contribution in [3.05, 3.63) is 28.6 Å². The van der Waals surface area contributed by atoms with E-state index in [2.05, 4.69) is 11.1 Å². The normalized spacial score (nSPS) is 14.3. The molecule has 0 aromatic carbocycles. The van der Waals surface area contributed by atoms with Crippen molar-refractivity contribution in [2.45, 2.75) is 32.5 Å². The summed E-state index contributed by atoms with van der Waals surface area (Å²) in [6, 6.07) is 2.23. The number of ether oxygens (including phenoxy) is 2. The molecule has 0 radical (unpaired) electrons. The van der Waals surface area contributed by atoms with E-state index in [1.165, 1.54) is 23.2 Å². The lowest BCUT2D eigenvalue weighted by molar-refractivity contribution is 0.165. The van der Waals surface area contributed by atoms with Crippen LogP contribution in [0.3, 0.4) is 0 Å². The van der Waals surface area contributed by atoms with Crippen LogP contribution in [0, 0.1) is 0 Å². The highest BCUT2D eigenvalue weighted by Gasteiger charge is 2.15. The Labute approximate surface area is 90.4 Å². The van der Waals surface area contributed by atoms with Gasteiger partial charge >= 0.3 is 0 Å². The molecule has 1 aliphatic rings. The Morgan fingerprint density at radius 1 is 1.20 bits per heavy atom. The fraction of sp³-hybridized carbons (Fsp3) is 0.583. The lowest BCUT2D eigenvalue weighted by atomic mass is 10.1. The average molecular weight is 207 g/mol. The Morgan fingerprint density at radius 2 is 2.00 bits per heavy atom. The number of fused-ring (bicyclic) bond motifs is 1. The smallest absolute Gasteiger partial charge is 0.0887 e. The molecule has 0 spiro atoms. The molecule has 1 aliphatic carbocycles. The number of hydrogen-bond donors (Lipinski definition) is 0. The molecule has 82 valence electrons. The first-order valence-electron chi connectivity index (χ1n) is 5.33. The second-order valence-electron chi connectivity index (χ2n) is 3.92. The van der Waals surface area contributed by atoms with Gasteiger partial charge in [0.2, 0.25) is 0 Å². The molecule has 0 saturated carbocycles. The van der Waals surface area contributed by atoms with E-state index in [-0.39, 0.29) is 0 Å². The number of aryl methyl sites for hydroxylation is 2.